The van der Waals surface area contributed by atoms with Gasteiger partial charge in [-0.25, -0.2) is 56.9 Å². The van der Waals surface area contributed by atoms with E-state index in [0.29, 0.717) is 47.2 Å². The van der Waals surface area contributed by atoms with E-state index in [-0.39, 0.29) is 69.0 Å². The highest BCUT2D eigenvalue weighted by Crippen LogP contribution is 2.39. The number of esters is 2. The average molecular weight is 1840 g/mol. The average Bonchev–Trinajstić information content (AvgIpc) is 1.00. The van der Waals surface area contributed by atoms with Gasteiger partial charge in [0.1, 0.15) is 108 Å². The van der Waals surface area contributed by atoms with Gasteiger partial charge in [-0.3, -0.25) is 41.3 Å². The number of carbonyl (C=O) groups excluding carboxylic acids is 10. The Balaban J connectivity index is 0.973. The summed E-state index contributed by atoms with van der Waals surface area (Å²) in [5.74, 6) is -8.61. The maximum Gasteiger partial charge on any atom is 0.442 e. The van der Waals surface area contributed by atoms with Gasteiger partial charge < -0.3 is 68.8 Å². The first-order valence-corrected chi connectivity index (χ1v) is 42.9. The second kappa shape index (κ2) is 39.4. The number of halogens is 2. The first-order valence-electron chi connectivity index (χ1n) is 39.8. The van der Waals surface area contributed by atoms with Crippen LogP contribution in [0.4, 0.5) is 49.9 Å². The third-order valence-electron chi connectivity index (χ3n) is 17.6. The molecule has 2 saturated heterocycles. The summed E-state index contributed by atoms with van der Waals surface area (Å²) in [5, 5.41) is 26.0. The Morgan fingerprint density at radius 1 is 0.512 bits per heavy atom. The highest BCUT2D eigenvalue weighted by molar-refractivity contribution is 7.81. The van der Waals surface area contributed by atoms with Crippen LogP contribution in [-0.2, 0) is 113 Å². The van der Waals surface area contributed by atoms with Gasteiger partial charge in [-0.1, -0.05) is 10.3 Å². The number of β-lactam (4-membered cyclic amide) rings is 2. The zero-order chi connectivity index (χ0) is 95.0. The van der Waals surface area contributed by atoms with Gasteiger partial charge in [0.2, 0.25) is 0 Å². The van der Waals surface area contributed by atoms with E-state index in [2.05, 4.69) is 52.2 Å². The number of hydrogen-bond donors (Lipinski definition) is 8. The van der Waals surface area contributed by atoms with Crippen LogP contribution in [0.5, 0.6) is 11.5 Å². The number of amides is 8. The number of carbonyl (C=O) groups is 10. The van der Waals surface area contributed by atoms with Crippen LogP contribution < -0.4 is 62.2 Å². The lowest BCUT2D eigenvalue weighted by Crippen LogP contribution is -2.78. The van der Waals surface area contributed by atoms with Gasteiger partial charge in [-0.2, -0.15) is 27.9 Å². The second-order valence-electron chi connectivity index (χ2n) is 36.1. The summed E-state index contributed by atoms with van der Waals surface area (Å²) in [6.45, 7) is 34.2. The molecular weight excluding hydrogens is 1730 g/mol. The molecule has 6 heterocycles. The number of aromatic nitrogens is 6. The van der Waals surface area contributed by atoms with Crippen LogP contribution in [0.2, 0.25) is 0 Å². The molecule has 8 rings (SSSR count). The van der Waals surface area contributed by atoms with Crippen molar-refractivity contribution in [3.05, 3.63) is 82.6 Å². The fourth-order valence-corrected chi connectivity index (χ4v) is 14.0. The van der Waals surface area contributed by atoms with E-state index in [1.54, 1.807) is 170 Å². The van der Waals surface area contributed by atoms with Gasteiger partial charge in [0.15, 0.2) is 21.7 Å². The van der Waals surface area contributed by atoms with Crippen molar-refractivity contribution in [3.8, 4) is 33.8 Å². The van der Waals surface area contributed by atoms with Crippen LogP contribution in [0.25, 0.3) is 22.3 Å². The number of benzene rings is 2. The molecule has 2 aliphatic rings. The summed E-state index contributed by atoms with van der Waals surface area (Å²) in [4.78, 5) is 156. The highest BCUT2D eigenvalue weighted by Gasteiger charge is 2.62. The van der Waals surface area contributed by atoms with Crippen LogP contribution in [-0.4, -0.2) is 205 Å². The summed E-state index contributed by atoms with van der Waals surface area (Å²) < 4.78 is 122. The fourth-order valence-electron chi connectivity index (χ4n) is 11.7. The van der Waals surface area contributed by atoms with Gasteiger partial charge in [-0.15, -0.1) is 31.2 Å². The zero-order valence-corrected chi connectivity index (χ0v) is 77.6. The minimum absolute atomic E-state index is 0.0725. The van der Waals surface area contributed by atoms with E-state index in [1.807, 2.05) is 0 Å². The minimum atomic E-state index is -5.56. The van der Waals surface area contributed by atoms with E-state index in [9.17, 15) is 56.4 Å². The summed E-state index contributed by atoms with van der Waals surface area (Å²) in [5.41, 5.74) is 2.16. The maximum atomic E-state index is 16.2. The normalized spacial score (nSPS) is 16.0. The van der Waals surface area contributed by atoms with E-state index in [1.165, 1.54) is 62.7 Å². The first kappa shape index (κ1) is 100. The van der Waals surface area contributed by atoms with E-state index in [0.717, 1.165) is 34.8 Å². The number of thiazole rings is 2. The van der Waals surface area contributed by atoms with Crippen molar-refractivity contribution in [3.63, 3.8) is 0 Å². The topological polar surface area (TPSA) is 514 Å². The number of oxime groups is 2. The molecule has 4 atom stereocenters. The Hall–Kier alpha value is -12.1. The number of nitrogens with one attached hydrogen (secondary N) is 6. The quantitative estimate of drug-likeness (QED) is 0.00359. The van der Waals surface area contributed by atoms with Crippen LogP contribution in [0, 0.1) is 11.6 Å². The number of rotatable bonds is 34. The van der Waals surface area contributed by atoms with Crippen molar-refractivity contribution in [2.24, 2.45) is 24.4 Å². The lowest BCUT2D eigenvalue weighted by atomic mass is 9.84. The van der Waals surface area contributed by atoms with Crippen molar-refractivity contribution in [1.82, 2.24) is 50.7 Å². The molecule has 2 aromatic carbocycles. The molecule has 127 heavy (non-hydrogen) atoms. The molecule has 4 aromatic heterocycles. The Labute approximate surface area is 740 Å². The van der Waals surface area contributed by atoms with Crippen molar-refractivity contribution < 1.29 is 131 Å². The Morgan fingerprint density at radius 3 is 1.14 bits per heavy atom. The van der Waals surface area contributed by atoms with Gasteiger partial charge >= 0.3 is 58.3 Å². The number of nitrogens with zero attached hydrogens (tertiary/aromatic N) is 10. The summed E-state index contributed by atoms with van der Waals surface area (Å²) in [6, 6.07) is 4.21. The van der Waals surface area contributed by atoms with Crippen molar-refractivity contribution >= 4 is 126 Å². The van der Waals surface area contributed by atoms with Gasteiger partial charge in [0, 0.05) is 47.1 Å². The van der Waals surface area contributed by atoms with E-state index < -0.39 is 176 Å². The Bertz CT molecular complexity index is 4980. The summed E-state index contributed by atoms with van der Waals surface area (Å²) >= 11 is 1.56. The molecule has 0 radical (unpaired) electrons. The molecule has 0 aliphatic carbocycles. The zero-order valence-electron chi connectivity index (χ0n) is 75.1. The fraction of sp³-hybridized carbons (Fsp3) is 0.550. The number of hydrogen-bond acceptors (Lipinski definition) is 32. The molecule has 10 N–H and O–H groups in total. The summed E-state index contributed by atoms with van der Waals surface area (Å²) in [7, 11) is -2.22. The first-order chi connectivity index (χ1) is 58.5. The highest BCUT2D eigenvalue weighted by atomic mass is 32.3. The molecule has 47 heteroatoms. The molecule has 6 aromatic rings. The van der Waals surface area contributed by atoms with Crippen LogP contribution in [0.1, 0.15) is 177 Å². The van der Waals surface area contributed by atoms with Gasteiger partial charge in [0.25, 0.3) is 35.8 Å². The monoisotopic (exact) mass is 1840 g/mol. The number of alkyl carbamates (subject to hydrolysis) is 2. The standard InChI is InChI=1S/C80H110F2N18O24S3/c1-73(2,3)115-65(105)53(39-113-43-27-29-45(49(81)35-43)47-37-97(95(23)59(47)83)33-25-31-85-69(107)117-75(7,8)9)121-93-55(51-41-125-67(87-51)91-71(109)119-77(13,14)15)61(101)89-57-63(103)99(79(57,19)20)123-127(111,112)124-100-64(104)58(80(100,21)22)90-62(102)56(52-42-126-68(88-52)92-72(110)120-78(16,17)18)94-122-54(66(106)116-74(4,5)6)40-114-44-28-30-46(50(82)36-44)48-38-98(96(24)60(48)84)34-26-32-86-70(108)118-76(10,11)12/h27-30,35-38,41-42,53-54,57-58,83-84H,25-26,31-34,39-40H2,1-24H3,(H6,85,86,87,88,89,90,91,92,101,102,107,108,109,110)/p+2/b93-55-,94-56-/t53-,54-,57+,58+/m0/s1. The predicted octanol–water partition coefficient (Wildman–Crippen LogP) is 8.19. The van der Waals surface area contributed by atoms with Crippen LogP contribution in [0.3, 0.4) is 0 Å². The van der Waals surface area contributed by atoms with Gasteiger partial charge in [0.05, 0.1) is 47.7 Å². The van der Waals surface area contributed by atoms with Crippen LogP contribution in [0.15, 0.2) is 69.9 Å². The molecule has 8 amide bonds. The third kappa shape index (κ3) is 27.9. The van der Waals surface area contributed by atoms with Crippen LogP contribution >= 0.6 is 22.7 Å². The smallest absolute Gasteiger partial charge is 0.442 e. The number of nitrogens with two attached hydrogens (primary N) is 2. The van der Waals surface area contributed by atoms with Crippen molar-refractivity contribution in [2.75, 3.05) is 48.4 Å². The predicted molar refractivity (Wildman–Crippen MR) is 455 cm³/mol. The Kier molecular flexibility index (Phi) is 31.1. The van der Waals surface area contributed by atoms with E-state index in [4.69, 9.17) is 67.6 Å². The summed E-state index contributed by atoms with van der Waals surface area (Å²) in [6.07, 6.45) is -2.60. The number of nitrogen functional groups attached to an aromatic ring is 2. The number of aryl methyl sites for hydroxylation is 2. The molecule has 0 saturated carbocycles. The number of hydroxylamine groups is 4. The number of ether oxygens (including phenoxy) is 8. The largest absolute Gasteiger partial charge is 0.489 e. The molecule has 42 nitrogen and oxygen atoms in total. The Morgan fingerprint density at radius 2 is 0.835 bits per heavy atom. The minimum Gasteiger partial charge on any atom is -0.489 e. The molecule has 0 bridgehead atoms. The molecule has 2 fully saturated rings. The molecular formula is C80H112F2N18O24S3+2. The van der Waals surface area contributed by atoms with Gasteiger partial charge in [-0.05, 0) is 189 Å². The lowest BCUT2D eigenvalue weighted by molar-refractivity contribution is -0.740. The maximum absolute atomic E-state index is 16.2. The third-order valence-corrected chi connectivity index (χ3v) is 19.7. The molecule has 0 unspecified atom stereocenters. The second-order valence-corrected chi connectivity index (χ2v) is 38.9. The van der Waals surface area contributed by atoms with Crippen molar-refractivity contribution in [1.29, 1.82) is 0 Å². The van der Waals surface area contributed by atoms with Crippen molar-refractivity contribution in [2.45, 2.75) is 247 Å². The number of anilines is 4. The molecule has 0 spiro atoms. The lowest BCUT2D eigenvalue weighted by Gasteiger charge is -2.52. The SMILES string of the molecule is C[n+]1c(N)c(-c2ccc(OC[C@H](O/N=C(\C(=O)N[C@@H]3C(=O)N(OS(=O)(=O)ON4C(=O)[C@@H](NC(=O)/C(=N\O[C@@H](COc5ccc(-c6cn(CCCNC(=O)OC(C)(C)C)[n+](C)c6N)c(F)c5)C(=O)OC(C)(C)C)c5csc(NC(=O)OC(C)(C)C)n5)C4(C)C)C3(C)C)c3csc(NC(=O)OC(C)(C)C)n3)C(=O)OC(C)(C)C)cc2F)cn1CCCNC(=O)OC(C)(C)C. The molecule has 2 aliphatic heterocycles. The molecule has 696 valence electrons. The van der Waals surface area contributed by atoms with E-state index >= 15 is 8.78 Å².